The molecule has 26 heavy (non-hydrogen) atoms. The van der Waals surface area contributed by atoms with Gasteiger partial charge in [-0.25, -0.2) is 4.68 Å². The third-order valence-corrected chi connectivity index (χ3v) is 5.22. The van der Waals surface area contributed by atoms with Crippen molar-refractivity contribution in [3.63, 3.8) is 0 Å². The summed E-state index contributed by atoms with van der Waals surface area (Å²) in [6.07, 6.45) is 4.03. The predicted molar refractivity (Wildman–Crippen MR) is 100 cm³/mol. The van der Waals surface area contributed by atoms with Gasteiger partial charge >= 0.3 is 0 Å². The highest BCUT2D eigenvalue weighted by Crippen LogP contribution is 2.42. The van der Waals surface area contributed by atoms with Gasteiger partial charge in [-0.05, 0) is 55.2 Å². The lowest BCUT2D eigenvalue weighted by atomic mass is 10.1. The second kappa shape index (κ2) is 6.09. The zero-order chi connectivity index (χ0) is 17.5. The van der Waals surface area contributed by atoms with E-state index in [-0.39, 0.29) is 6.04 Å². The van der Waals surface area contributed by atoms with Gasteiger partial charge in [-0.3, -0.25) is 0 Å². The molecule has 3 aromatic rings. The number of para-hydroxylation sites is 1. The first-order chi connectivity index (χ1) is 12.8. The first-order valence-electron chi connectivity index (χ1n) is 9.08. The van der Waals surface area contributed by atoms with Crippen LogP contribution in [0.2, 0.25) is 0 Å². The van der Waals surface area contributed by atoms with Crippen molar-refractivity contribution in [1.29, 1.82) is 0 Å². The van der Waals surface area contributed by atoms with E-state index >= 15 is 0 Å². The van der Waals surface area contributed by atoms with Crippen molar-refractivity contribution in [3.8, 4) is 17.2 Å². The van der Waals surface area contributed by atoms with Crippen LogP contribution in [0.15, 0.2) is 48.7 Å². The van der Waals surface area contributed by atoms with Gasteiger partial charge in [0.2, 0.25) is 0 Å². The second-order valence-electron chi connectivity index (χ2n) is 6.82. The molecule has 132 valence electrons. The summed E-state index contributed by atoms with van der Waals surface area (Å²) in [5, 5.41) is 8.25. The van der Waals surface area contributed by atoms with E-state index in [4.69, 9.17) is 9.47 Å². The number of fused-ring (bicyclic) bond motifs is 2. The molecule has 0 saturated carbocycles. The third-order valence-electron chi connectivity index (χ3n) is 5.22. The van der Waals surface area contributed by atoms with Gasteiger partial charge in [0.05, 0.1) is 29.3 Å². The maximum Gasteiger partial charge on any atom is 0.161 e. The van der Waals surface area contributed by atoms with Crippen LogP contribution in [0.5, 0.6) is 11.5 Å². The number of hydrogen-bond acceptors (Lipinski definition) is 4. The molecule has 1 aromatic heterocycles. The molecule has 5 heteroatoms. The molecule has 1 atom stereocenters. The summed E-state index contributed by atoms with van der Waals surface area (Å²) in [5.41, 5.74) is 5.91. The van der Waals surface area contributed by atoms with E-state index in [1.165, 1.54) is 11.1 Å². The number of benzene rings is 2. The van der Waals surface area contributed by atoms with Crippen molar-refractivity contribution in [3.05, 3.63) is 65.5 Å². The van der Waals surface area contributed by atoms with Crippen molar-refractivity contribution in [1.82, 2.24) is 9.78 Å². The highest BCUT2D eigenvalue weighted by molar-refractivity contribution is 5.56. The molecular formula is C21H21N3O2. The van der Waals surface area contributed by atoms with Gasteiger partial charge in [-0.2, -0.15) is 5.10 Å². The number of anilines is 1. The molecular weight excluding hydrogens is 326 g/mol. The SMILES string of the molecule is Cc1c(NC2CCc3cc4c(cc32)OCCO4)cnn1-c1ccccc1. The van der Waals surface area contributed by atoms with E-state index in [0.717, 1.165) is 41.4 Å². The van der Waals surface area contributed by atoms with Crippen LogP contribution in [0.1, 0.15) is 29.3 Å². The Morgan fingerprint density at radius 3 is 2.65 bits per heavy atom. The average Bonchev–Trinajstić information content (AvgIpc) is 3.25. The quantitative estimate of drug-likeness (QED) is 0.776. The summed E-state index contributed by atoms with van der Waals surface area (Å²) >= 11 is 0. The number of nitrogens with zero attached hydrogens (tertiary/aromatic N) is 2. The van der Waals surface area contributed by atoms with Crippen molar-refractivity contribution in [2.24, 2.45) is 0 Å². The number of aryl methyl sites for hydroxylation is 1. The van der Waals surface area contributed by atoms with E-state index in [0.29, 0.717) is 13.2 Å². The van der Waals surface area contributed by atoms with Crippen LogP contribution in [-0.2, 0) is 6.42 Å². The van der Waals surface area contributed by atoms with Crippen LogP contribution in [-0.4, -0.2) is 23.0 Å². The summed E-state index contributed by atoms with van der Waals surface area (Å²) < 4.78 is 13.5. The maximum atomic E-state index is 5.76. The van der Waals surface area contributed by atoms with Gasteiger partial charge in [-0.1, -0.05) is 18.2 Å². The van der Waals surface area contributed by atoms with Gasteiger partial charge in [0, 0.05) is 0 Å². The lowest BCUT2D eigenvalue weighted by Gasteiger charge is -2.21. The number of nitrogens with one attached hydrogen (secondary N) is 1. The largest absolute Gasteiger partial charge is 0.486 e. The van der Waals surface area contributed by atoms with Gasteiger partial charge in [0.1, 0.15) is 13.2 Å². The Kier molecular flexibility index (Phi) is 3.59. The van der Waals surface area contributed by atoms with Gasteiger partial charge in [0.15, 0.2) is 11.5 Å². The molecule has 1 unspecified atom stereocenters. The fraction of sp³-hybridized carbons (Fsp3) is 0.286. The summed E-state index contributed by atoms with van der Waals surface area (Å²) in [6.45, 7) is 3.35. The first-order valence-corrected chi connectivity index (χ1v) is 9.08. The summed E-state index contributed by atoms with van der Waals surface area (Å²) in [6, 6.07) is 14.8. The van der Waals surface area contributed by atoms with E-state index in [1.54, 1.807) is 0 Å². The van der Waals surface area contributed by atoms with Crippen LogP contribution >= 0.6 is 0 Å². The second-order valence-corrected chi connectivity index (χ2v) is 6.82. The van der Waals surface area contributed by atoms with Crippen molar-refractivity contribution in [2.45, 2.75) is 25.8 Å². The lowest BCUT2D eigenvalue weighted by Crippen LogP contribution is -2.16. The Morgan fingerprint density at radius 2 is 1.85 bits per heavy atom. The number of hydrogen-bond donors (Lipinski definition) is 1. The molecule has 0 amide bonds. The van der Waals surface area contributed by atoms with E-state index in [9.17, 15) is 0 Å². The first kappa shape index (κ1) is 15.3. The topological polar surface area (TPSA) is 48.3 Å². The Bertz CT molecular complexity index is 949. The molecule has 0 saturated heterocycles. The number of aromatic nitrogens is 2. The number of ether oxygens (including phenoxy) is 2. The minimum absolute atomic E-state index is 0.271. The summed E-state index contributed by atoms with van der Waals surface area (Å²) in [7, 11) is 0. The molecule has 0 radical (unpaired) electrons. The van der Waals surface area contributed by atoms with Crippen LogP contribution in [0.4, 0.5) is 5.69 Å². The molecule has 0 bridgehead atoms. The van der Waals surface area contributed by atoms with E-state index in [2.05, 4.69) is 41.6 Å². The van der Waals surface area contributed by atoms with Crippen molar-refractivity contribution in [2.75, 3.05) is 18.5 Å². The number of rotatable bonds is 3. The van der Waals surface area contributed by atoms with E-state index < -0.39 is 0 Å². The average molecular weight is 347 g/mol. The van der Waals surface area contributed by atoms with Crippen LogP contribution in [0.3, 0.4) is 0 Å². The zero-order valence-electron chi connectivity index (χ0n) is 14.7. The minimum Gasteiger partial charge on any atom is -0.486 e. The molecule has 1 N–H and O–H groups in total. The van der Waals surface area contributed by atoms with Crippen molar-refractivity contribution < 1.29 is 9.47 Å². The molecule has 1 aliphatic carbocycles. The molecule has 0 spiro atoms. The van der Waals surface area contributed by atoms with Gasteiger partial charge in [-0.15, -0.1) is 0 Å². The fourth-order valence-corrected chi connectivity index (χ4v) is 3.86. The summed E-state index contributed by atoms with van der Waals surface area (Å²) in [5.74, 6) is 1.74. The molecule has 2 aliphatic rings. The monoisotopic (exact) mass is 347 g/mol. The highest BCUT2D eigenvalue weighted by Gasteiger charge is 2.27. The molecule has 2 aromatic carbocycles. The highest BCUT2D eigenvalue weighted by atomic mass is 16.6. The van der Waals surface area contributed by atoms with Crippen LogP contribution in [0.25, 0.3) is 5.69 Å². The molecule has 0 fully saturated rings. The van der Waals surface area contributed by atoms with Crippen molar-refractivity contribution >= 4 is 5.69 Å². The summed E-state index contributed by atoms with van der Waals surface area (Å²) in [4.78, 5) is 0. The normalized spacial score (nSPS) is 17.8. The van der Waals surface area contributed by atoms with E-state index in [1.807, 2.05) is 29.1 Å². The Hall–Kier alpha value is -2.95. The Balaban J connectivity index is 1.43. The third kappa shape index (κ3) is 2.51. The van der Waals surface area contributed by atoms with Crippen LogP contribution in [0, 0.1) is 6.92 Å². The smallest absolute Gasteiger partial charge is 0.161 e. The fourth-order valence-electron chi connectivity index (χ4n) is 3.86. The molecule has 5 rings (SSSR count). The molecule has 1 aliphatic heterocycles. The van der Waals surface area contributed by atoms with Gasteiger partial charge in [0.25, 0.3) is 0 Å². The standard InChI is InChI=1S/C21H21N3O2/c1-14-19(13-22-24(14)16-5-3-2-4-6-16)23-18-8-7-15-11-20-21(12-17(15)18)26-10-9-25-20/h2-6,11-13,18,23H,7-10H2,1H3. The zero-order valence-corrected chi connectivity index (χ0v) is 14.7. The van der Waals surface area contributed by atoms with Crippen LogP contribution < -0.4 is 14.8 Å². The molecule has 2 heterocycles. The Morgan fingerprint density at radius 1 is 1.08 bits per heavy atom. The Labute approximate surface area is 152 Å². The minimum atomic E-state index is 0.271. The predicted octanol–water partition coefficient (Wildman–Crippen LogP) is 4.05. The lowest BCUT2D eigenvalue weighted by molar-refractivity contribution is 0.171. The van der Waals surface area contributed by atoms with Gasteiger partial charge < -0.3 is 14.8 Å². The maximum absolute atomic E-state index is 5.76. The molecule has 5 nitrogen and oxygen atoms in total.